The molecule has 0 aromatic heterocycles. The predicted octanol–water partition coefficient (Wildman–Crippen LogP) is 2.80. The average molecular weight is 278 g/mol. The van der Waals surface area contributed by atoms with Gasteiger partial charge in [0.25, 0.3) is 0 Å². The fourth-order valence-electron chi connectivity index (χ4n) is 2.84. The number of ether oxygens (including phenoxy) is 2. The Morgan fingerprint density at radius 2 is 1.90 bits per heavy atom. The van der Waals surface area contributed by atoms with Gasteiger partial charge in [-0.2, -0.15) is 0 Å². The maximum Gasteiger partial charge on any atom is 0.231 e. The standard InChI is InChI=1S/C16H26N2O2/c1-5-13(6-2)18(4)10-14(17-3)12-7-8-15-16(9-12)20-11-19-15/h7-9,13-14,17H,5-6,10-11H2,1-4H3. The topological polar surface area (TPSA) is 33.7 Å². The van der Waals surface area contributed by atoms with E-state index in [1.165, 1.54) is 18.4 Å². The number of hydrogen-bond acceptors (Lipinski definition) is 4. The van der Waals surface area contributed by atoms with E-state index in [1.54, 1.807) is 0 Å². The summed E-state index contributed by atoms with van der Waals surface area (Å²) in [5.41, 5.74) is 1.24. The Morgan fingerprint density at radius 3 is 2.55 bits per heavy atom. The maximum atomic E-state index is 5.46. The summed E-state index contributed by atoms with van der Waals surface area (Å²) >= 11 is 0. The molecule has 0 saturated carbocycles. The fourth-order valence-corrected chi connectivity index (χ4v) is 2.84. The summed E-state index contributed by atoms with van der Waals surface area (Å²) in [6.07, 6.45) is 2.37. The first-order chi connectivity index (χ1) is 9.69. The van der Waals surface area contributed by atoms with E-state index >= 15 is 0 Å². The van der Waals surface area contributed by atoms with Crippen LogP contribution in [0, 0.1) is 0 Å². The molecule has 1 aromatic carbocycles. The molecule has 1 heterocycles. The number of benzene rings is 1. The lowest BCUT2D eigenvalue weighted by Gasteiger charge is -2.30. The van der Waals surface area contributed by atoms with E-state index in [0.717, 1.165) is 18.0 Å². The van der Waals surface area contributed by atoms with Crippen molar-refractivity contribution in [3.05, 3.63) is 23.8 Å². The minimum atomic E-state index is 0.301. The molecule has 0 aliphatic carbocycles. The zero-order valence-corrected chi connectivity index (χ0v) is 13.0. The second kappa shape index (κ2) is 6.95. The number of nitrogens with zero attached hydrogens (tertiary/aromatic N) is 1. The van der Waals surface area contributed by atoms with Crippen molar-refractivity contribution in [3.63, 3.8) is 0 Å². The molecule has 1 unspecified atom stereocenters. The van der Waals surface area contributed by atoms with Crippen LogP contribution in [0.5, 0.6) is 11.5 Å². The minimum Gasteiger partial charge on any atom is -0.454 e. The highest BCUT2D eigenvalue weighted by molar-refractivity contribution is 5.45. The van der Waals surface area contributed by atoms with Crippen molar-refractivity contribution in [2.75, 3.05) is 27.4 Å². The number of fused-ring (bicyclic) bond motifs is 1. The van der Waals surface area contributed by atoms with E-state index in [4.69, 9.17) is 9.47 Å². The molecule has 112 valence electrons. The van der Waals surface area contributed by atoms with Crippen LogP contribution < -0.4 is 14.8 Å². The van der Waals surface area contributed by atoms with Gasteiger partial charge in [-0.15, -0.1) is 0 Å². The van der Waals surface area contributed by atoms with E-state index in [0.29, 0.717) is 18.9 Å². The van der Waals surface area contributed by atoms with Crippen LogP contribution in [-0.2, 0) is 0 Å². The Labute approximate surface area is 122 Å². The molecule has 1 atom stereocenters. The van der Waals surface area contributed by atoms with Gasteiger partial charge in [0, 0.05) is 18.6 Å². The van der Waals surface area contributed by atoms with Gasteiger partial charge in [0.05, 0.1) is 0 Å². The molecular formula is C16H26N2O2. The van der Waals surface area contributed by atoms with E-state index in [-0.39, 0.29) is 0 Å². The molecule has 0 amide bonds. The molecule has 0 bridgehead atoms. The Hall–Kier alpha value is -1.26. The first-order valence-corrected chi connectivity index (χ1v) is 7.46. The van der Waals surface area contributed by atoms with Gasteiger partial charge >= 0.3 is 0 Å². The number of likely N-dealkylation sites (N-methyl/N-ethyl adjacent to an activating group) is 2. The predicted molar refractivity (Wildman–Crippen MR) is 81.4 cm³/mol. The van der Waals surface area contributed by atoms with Crippen molar-refractivity contribution in [1.82, 2.24) is 10.2 Å². The van der Waals surface area contributed by atoms with Gasteiger partial charge in [-0.05, 0) is 44.6 Å². The van der Waals surface area contributed by atoms with Gasteiger partial charge in [0.1, 0.15) is 0 Å². The third-order valence-corrected chi connectivity index (χ3v) is 4.18. The molecule has 0 fully saturated rings. The number of nitrogens with one attached hydrogen (secondary N) is 1. The zero-order chi connectivity index (χ0) is 14.5. The molecule has 1 N–H and O–H groups in total. The lowest BCUT2D eigenvalue weighted by atomic mass is 10.0. The molecule has 4 heteroatoms. The van der Waals surface area contributed by atoms with Gasteiger partial charge in [-0.25, -0.2) is 0 Å². The quantitative estimate of drug-likeness (QED) is 0.831. The zero-order valence-electron chi connectivity index (χ0n) is 13.0. The average Bonchev–Trinajstić information content (AvgIpc) is 2.93. The molecule has 0 saturated heterocycles. The van der Waals surface area contributed by atoms with Crippen LogP contribution in [0.25, 0.3) is 0 Å². The summed E-state index contributed by atoms with van der Waals surface area (Å²) in [5, 5.41) is 3.41. The van der Waals surface area contributed by atoms with Gasteiger partial charge in [-0.3, -0.25) is 0 Å². The largest absolute Gasteiger partial charge is 0.454 e. The molecule has 1 aliphatic heterocycles. The summed E-state index contributed by atoms with van der Waals surface area (Å²) in [6, 6.07) is 7.15. The highest BCUT2D eigenvalue weighted by Crippen LogP contribution is 2.34. The molecule has 4 nitrogen and oxygen atoms in total. The second-order valence-corrected chi connectivity index (χ2v) is 5.36. The fraction of sp³-hybridized carbons (Fsp3) is 0.625. The van der Waals surface area contributed by atoms with Gasteiger partial charge in [0.15, 0.2) is 11.5 Å². The van der Waals surface area contributed by atoms with Gasteiger partial charge in [-0.1, -0.05) is 19.9 Å². The smallest absolute Gasteiger partial charge is 0.231 e. The maximum absolute atomic E-state index is 5.46. The molecular weight excluding hydrogens is 252 g/mol. The van der Waals surface area contributed by atoms with Crippen LogP contribution in [0.3, 0.4) is 0 Å². The first-order valence-electron chi connectivity index (χ1n) is 7.46. The van der Waals surface area contributed by atoms with Crippen molar-refractivity contribution in [1.29, 1.82) is 0 Å². The highest BCUT2D eigenvalue weighted by atomic mass is 16.7. The third kappa shape index (κ3) is 3.25. The third-order valence-electron chi connectivity index (χ3n) is 4.18. The second-order valence-electron chi connectivity index (χ2n) is 5.36. The van der Waals surface area contributed by atoms with E-state index in [9.17, 15) is 0 Å². The van der Waals surface area contributed by atoms with Crippen molar-refractivity contribution in [2.24, 2.45) is 0 Å². The van der Waals surface area contributed by atoms with Crippen LogP contribution >= 0.6 is 0 Å². The summed E-state index contributed by atoms with van der Waals surface area (Å²) in [6.45, 7) is 5.82. The Kier molecular flexibility index (Phi) is 5.26. The summed E-state index contributed by atoms with van der Waals surface area (Å²) < 4.78 is 10.8. The van der Waals surface area contributed by atoms with Crippen molar-refractivity contribution >= 4 is 0 Å². The van der Waals surface area contributed by atoms with Crippen LogP contribution in [0.1, 0.15) is 38.3 Å². The highest BCUT2D eigenvalue weighted by Gasteiger charge is 2.20. The summed E-state index contributed by atoms with van der Waals surface area (Å²) in [7, 11) is 4.21. The van der Waals surface area contributed by atoms with Crippen LogP contribution in [-0.4, -0.2) is 38.4 Å². The van der Waals surface area contributed by atoms with E-state index in [2.05, 4.69) is 43.2 Å². The monoisotopic (exact) mass is 278 g/mol. The SMILES string of the molecule is CCC(CC)N(C)CC(NC)c1ccc2c(c1)OCO2. The minimum absolute atomic E-state index is 0.301. The normalized spacial score (nSPS) is 15.1. The summed E-state index contributed by atoms with van der Waals surface area (Å²) in [5.74, 6) is 1.70. The molecule has 0 radical (unpaired) electrons. The summed E-state index contributed by atoms with van der Waals surface area (Å²) in [4.78, 5) is 2.44. The lowest BCUT2D eigenvalue weighted by molar-refractivity contribution is 0.174. The Morgan fingerprint density at radius 1 is 1.20 bits per heavy atom. The van der Waals surface area contributed by atoms with E-state index < -0.39 is 0 Å². The van der Waals surface area contributed by atoms with Crippen LogP contribution in [0.15, 0.2) is 18.2 Å². The molecule has 1 aliphatic rings. The number of rotatable bonds is 7. The molecule has 1 aromatic rings. The van der Waals surface area contributed by atoms with Gasteiger partial charge < -0.3 is 19.7 Å². The Balaban J connectivity index is 2.08. The lowest BCUT2D eigenvalue weighted by Crippen LogP contribution is -2.37. The molecule has 0 spiro atoms. The van der Waals surface area contributed by atoms with Crippen molar-refractivity contribution in [2.45, 2.75) is 38.8 Å². The van der Waals surface area contributed by atoms with Crippen LogP contribution in [0.4, 0.5) is 0 Å². The van der Waals surface area contributed by atoms with Gasteiger partial charge in [0.2, 0.25) is 6.79 Å². The van der Waals surface area contributed by atoms with E-state index in [1.807, 2.05) is 13.1 Å². The van der Waals surface area contributed by atoms with Crippen molar-refractivity contribution < 1.29 is 9.47 Å². The molecule has 20 heavy (non-hydrogen) atoms. The molecule has 2 rings (SSSR count). The van der Waals surface area contributed by atoms with Crippen molar-refractivity contribution in [3.8, 4) is 11.5 Å². The first kappa shape index (κ1) is 15.1. The van der Waals surface area contributed by atoms with Crippen LogP contribution in [0.2, 0.25) is 0 Å². The Bertz CT molecular complexity index is 432. The number of hydrogen-bond donors (Lipinski definition) is 1.